The SMILES string of the molecule is Cc1ccc(-n2c(C)cc([C@H]3NC[C@@H](C(=O)O)S3)c2C)cc1Cl. The van der Waals surface area contributed by atoms with E-state index in [4.69, 9.17) is 16.7 Å². The number of hydrogen-bond acceptors (Lipinski definition) is 3. The molecule has 3 rings (SSSR count). The summed E-state index contributed by atoms with van der Waals surface area (Å²) in [5.41, 5.74) is 5.43. The number of carboxylic acid groups (broad SMARTS) is 1. The number of rotatable bonds is 3. The van der Waals surface area contributed by atoms with Crippen LogP contribution in [0.2, 0.25) is 5.02 Å². The summed E-state index contributed by atoms with van der Waals surface area (Å²) in [6.45, 7) is 6.59. The average Bonchev–Trinajstić information content (AvgIpc) is 3.07. The van der Waals surface area contributed by atoms with Gasteiger partial charge in [0, 0.05) is 34.2 Å². The summed E-state index contributed by atoms with van der Waals surface area (Å²) in [6.07, 6.45) is 0. The van der Waals surface area contributed by atoms with E-state index in [9.17, 15) is 4.79 Å². The summed E-state index contributed by atoms with van der Waals surface area (Å²) < 4.78 is 2.16. The molecule has 122 valence electrons. The number of hydrogen-bond donors (Lipinski definition) is 2. The number of aryl methyl sites for hydroxylation is 2. The van der Waals surface area contributed by atoms with Crippen molar-refractivity contribution in [3.63, 3.8) is 0 Å². The zero-order valence-corrected chi connectivity index (χ0v) is 14.8. The molecule has 0 unspecified atom stereocenters. The molecule has 0 radical (unpaired) electrons. The largest absolute Gasteiger partial charge is 0.480 e. The van der Waals surface area contributed by atoms with Crippen LogP contribution in [-0.2, 0) is 4.79 Å². The molecule has 2 heterocycles. The van der Waals surface area contributed by atoms with Gasteiger partial charge < -0.3 is 9.67 Å². The Labute approximate surface area is 144 Å². The van der Waals surface area contributed by atoms with Crippen molar-refractivity contribution in [2.24, 2.45) is 0 Å². The van der Waals surface area contributed by atoms with E-state index in [0.717, 1.165) is 33.2 Å². The molecule has 2 aromatic rings. The lowest BCUT2D eigenvalue weighted by Gasteiger charge is -2.13. The van der Waals surface area contributed by atoms with Crippen LogP contribution in [-0.4, -0.2) is 27.4 Å². The molecule has 0 spiro atoms. The number of nitrogens with zero attached hydrogens (tertiary/aromatic N) is 1. The topological polar surface area (TPSA) is 54.3 Å². The van der Waals surface area contributed by atoms with E-state index in [0.29, 0.717) is 6.54 Å². The lowest BCUT2D eigenvalue weighted by molar-refractivity contribution is -0.136. The number of nitrogens with one attached hydrogen (secondary N) is 1. The van der Waals surface area contributed by atoms with E-state index in [1.807, 2.05) is 19.1 Å². The minimum atomic E-state index is -0.760. The molecule has 1 fully saturated rings. The number of halogens is 1. The molecule has 1 saturated heterocycles. The molecule has 1 aliphatic rings. The standard InChI is InChI=1S/C17H19ClN2O2S/c1-9-4-5-12(7-14(9)18)20-10(2)6-13(11(20)3)16-19-8-15(23-16)17(21)22/h4-7,15-16,19H,8H2,1-3H3,(H,21,22)/t15-,16-/m0/s1. The molecule has 1 aliphatic heterocycles. The normalized spacial score (nSPS) is 20.9. The van der Waals surface area contributed by atoms with Gasteiger partial charge in [-0.25, -0.2) is 0 Å². The zero-order chi connectivity index (χ0) is 16.7. The van der Waals surface area contributed by atoms with Crippen molar-refractivity contribution in [2.75, 3.05) is 6.54 Å². The number of aromatic nitrogens is 1. The van der Waals surface area contributed by atoms with Crippen LogP contribution in [0.3, 0.4) is 0 Å². The van der Waals surface area contributed by atoms with Gasteiger partial charge in [0.05, 0.1) is 5.37 Å². The Hall–Kier alpha value is -1.43. The predicted molar refractivity (Wildman–Crippen MR) is 94.7 cm³/mol. The van der Waals surface area contributed by atoms with Crippen molar-refractivity contribution in [2.45, 2.75) is 31.4 Å². The van der Waals surface area contributed by atoms with Crippen LogP contribution in [0.15, 0.2) is 24.3 Å². The third-order valence-electron chi connectivity index (χ3n) is 4.23. The molecule has 4 nitrogen and oxygen atoms in total. The van der Waals surface area contributed by atoms with Crippen molar-refractivity contribution >= 4 is 29.3 Å². The molecule has 0 bridgehead atoms. The molecule has 0 aliphatic carbocycles. The first-order valence-electron chi connectivity index (χ1n) is 7.45. The fourth-order valence-corrected chi connectivity index (χ4v) is 4.36. The van der Waals surface area contributed by atoms with E-state index < -0.39 is 11.2 Å². The van der Waals surface area contributed by atoms with E-state index in [-0.39, 0.29) is 5.37 Å². The number of carboxylic acids is 1. The Balaban J connectivity index is 1.97. The smallest absolute Gasteiger partial charge is 0.318 e. The van der Waals surface area contributed by atoms with Crippen LogP contribution >= 0.6 is 23.4 Å². The van der Waals surface area contributed by atoms with Gasteiger partial charge in [0.25, 0.3) is 0 Å². The maximum atomic E-state index is 11.1. The third-order valence-corrected chi connectivity index (χ3v) is 6.03. The maximum Gasteiger partial charge on any atom is 0.318 e. The summed E-state index contributed by atoms with van der Waals surface area (Å²) in [7, 11) is 0. The van der Waals surface area contributed by atoms with Crippen LogP contribution in [0.5, 0.6) is 0 Å². The molecule has 23 heavy (non-hydrogen) atoms. The Morgan fingerprint density at radius 3 is 2.70 bits per heavy atom. The zero-order valence-electron chi connectivity index (χ0n) is 13.3. The Morgan fingerprint density at radius 1 is 1.35 bits per heavy atom. The molecule has 2 atom stereocenters. The van der Waals surface area contributed by atoms with E-state index >= 15 is 0 Å². The molecular formula is C17H19ClN2O2S. The van der Waals surface area contributed by atoms with Crippen molar-refractivity contribution in [1.82, 2.24) is 9.88 Å². The first kappa shape index (κ1) is 16.4. The molecule has 1 aromatic heterocycles. The van der Waals surface area contributed by atoms with Gasteiger partial charge in [-0.15, -0.1) is 11.8 Å². The van der Waals surface area contributed by atoms with Gasteiger partial charge in [0.15, 0.2) is 0 Å². The fourth-order valence-electron chi connectivity index (χ4n) is 2.97. The molecule has 6 heteroatoms. The molecule has 2 N–H and O–H groups in total. The Kier molecular flexibility index (Phi) is 4.45. The summed E-state index contributed by atoms with van der Waals surface area (Å²) in [5.74, 6) is -0.760. The number of aliphatic carboxylic acids is 1. The predicted octanol–water partition coefficient (Wildman–Crippen LogP) is 3.84. The lowest BCUT2D eigenvalue weighted by Crippen LogP contribution is -2.21. The lowest BCUT2D eigenvalue weighted by atomic mass is 10.2. The minimum absolute atomic E-state index is 0.0111. The summed E-state index contributed by atoms with van der Waals surface area (Å²) in [4.78, 5) is 11.1. The Bertz CT molecular complexity index is 772. The monoisotopic (exact) mass is 350 g/mol. The Morgan fingerprint density at radius 2 is 2.09 bits per heavy atom. The summed E-state index contributed by atoms with van der Waals surface area (Å²) in [5, 5.41) is 12.8. The van der Waals surface area contributed by atoms with Gasteiger partial charge in [0.2, 0.25) is 0 Å². The highest BCUT2D eigenvalue weighted by Crippen LogP contribution is 2.38. The number of benzene rings is 1. The number of thioether (sulfide) groups is 1. The number of carbonyl (C=O) groups is 1. The third kappa shape index (κ3) is 3.01. The van der Waals surface area contributed by atoms with Gasteiger partial charge in [-0.1, -0.05) is 17.7 Å². The van der Waals surface area contributed by atoms with Crippen molar-refractivity contribution < 1.29 is 9.90 Å². The second-order valence-electron chi connectivity index (χ2n) is 5.85. The van der Waals surface area contributed by atoms with Gasteiger partial charge in [-0.05, 0) is 44.5 Å². The molecule has 0 saturated carbocycles. The van der Waals surface area contributed by atoms with Crippen molar-refractivity contribution in [3.8, 4) is 5.69 Å². The van der Waals surface area contributed by atoms with Gasteiger partial charge in [0.1, 0.15) is 5.25 Å². The first-order valence-corrected chi connectivity index (χ1v) is 8.77. The van der Waals surface area contributed by atoms with E-state index in [1.54, 1.807) is 0 Å². The highest BCUT2D eigenvalue weighted by atomic mass is 35.5. The molecular weight excluding hydrogens is 332 g/mol. The minimum Gasteiger partial charge on any atom is -0.480 e. The highest BCUT2D eigenvalue weighted by molar-refractivity contribution is 8.01. The van der Waals surface area contributed by atoms with Crippen LogP contribution in [0.25, 0.3) is 5.69 Å². The quantitative estimate of drug-likeness (QED) is 0.883. The second-order valence-corrected chi connectivity index (χ2v) is 7.57. The second kappa shape index (κ2) is 6.23. The molecule has 1 aromatic carbocycles. The fraction of sp³-hybridized carbons (Fsp3) is 0.353. The van der Waals surface area contributed by atoms with Gasteiger partial charge >= 0.3 is 5.97 Å². The van der Waals surface area contributed by atoms with Gasteiger partial charge in [-0.3, -0.25) is 10.1 Å². The van der Waals surface area contributed by atoms with E-state index in [1.165, 1.54) is 11.8 Å². The van der Waals surface area contributed by atoms with Crippen molar-refractivity contribution in [3.05, 3.63) is 51.8 Å². The highest BCUT2D eigenvalue weighted by Gasteiger charge is 2.32. The first-order chi connectivity index (χ1) is 10.9. The van der Waals surface area contributed by atoms with Crippen LogP contribution in [0.4, 0.5) is 0 Å². The van der Waals surface area contributed by atoms with Crippen molar-refractivity contribution in [1.29, 1.82) is 0 Å². The van der Waals surface area contributed by atoms with Crippen LogP contribution < -0.4 is 5.32 Å². The van der Waals surface area contributed by atoms with Crippen LogP contribution in [0, 0.1) is 20.8 Å². The molecule has 0 amide bonds. The summed E-state index contributed by atoms with van der Waals surface area (Å²) in [6, 6.07) is 8.16. The maximum absolute atomic E-state index is 11.1. The van der Waals surface area contributed by atoms with Crippen LogP contribution in [0.1, 0.15) is 27.9 Å². The van der Waals surface area contributed by atoms with E-state index in [2.05, 4.69) is 35.9 Å². The average molecular weight is 351 g/mol. The summed E-state index contributed by atoms with van der Waals surface area (Å²) >= 11 is 7.72. The van der Waals surface area contributed by atoms with Gasteiger partial charge in [-0.2, -0.15) is 0 Å².